The molecule has 1 fully saturated rings. The van der Waals surface area contributed by atoms with Crippen LogP contribution in [0, 0.1) is 19.3 Å². The van der Waals surface area contributed by atoms with Crippen molar-refractivity contribution >= 4 is 5.97 Å². The number of furan rings is 1. The molecule has 4 heteroatoms. The van der Waals surface area contributed by atoms with Crippen LogP contribution in [0.1, 0.15) is 43.4 Å². The van der Waals surface area contributed by atoms with Crippen molar-refractivity contribution in [3.63, 3.8) is 0 Å². The van der Waals surface area contributed by atoms with Gasteiger partial charge in [0.25, 0.3) is 0 Å². The van der Waals surface area contributed by atoms with Gasteiger partial charge < -0.3 is 9.52 Å². The molecule has 0 spiro atoms. The number of carboxylic acids is 1. The Morgan fingerprint density at radius 3 is 2.67 bits per heavy atom. The minimum atomic E-state index is -0.697. The van der Waals surface area contributed by atoms with Gasteiger partial charge in [-0.05, 0) is 46.7 Å². The largest absolute Gasteiger partial charge is 0.481 e. The van der Waals surface area contributed by atoms with Gasteiger partial charge in [-0.1, -0.05) is 0 Å². The van der Waals surface area contributed by atoms with Crippen molar-refractivity contribution in [2.75, 3.05) is 13.1 Å². The number of hydrogen-bond donors (Lipinski definition) is 1. The van der Waals surface area contributed by atoms with Gasteiger partial charge in [-0.15, -0.1) is 0 Å². The van der Waals surface area contributed by atoms with Gasteiger partial charge in [0, 0.05) is 18.2 Å². The van der Waals surface area contributed by atoms with E-state index in [1.165, 1.54) is 5.56 Å². The quantitative estimate of drug-likeness (QED) is 0.897. The maximum atomic E-state index is 11.3. The lowest BCUT2D eigenvalue weighted by Crippen LogP contribution is -2.33. The van der Waals surface area contributed by atoms with E-state index in [0.29, 0.717) is 13.0 Å². The van der Waals surface area contributed by atoms with Crippen molar-refractivity contribution in [2.45, 2.75) is 40.2 Å². The van der Waals surface area contributed by atoms with E-state index in [4.69, 9.17) is 4.42 Å². The van der Waals surface area contributed by atoms with Crippen LogP contribution in [0.2, 0.25) is 0 Å². The van der Waals surface area contributed by atoms with Gasteiger partial charge in [0.2, 0.25) is 0 Å². The first-order chi connectivity index (χ1) is 8.33. The highest BCUT2D eigenvalue weighted by atomic mass is 16.4. The maximum absolute atomic E-state index is 11.3. The van der Waals surface area contributed by atoms with E-state index in [9.17, 15) is 9.90 Å². The van der Waals surface area contributed by atoms with Gasteiger partial charge in [0.15, 0.2) is 0 Å². The summed E-state index contributed by atoms with van der Waals surface area (Å²) in [5.74, 6) is 1.15. The van der Waals surface area contributed by atoms with Crippen LogP contribution in [0.25, 0.3) is 0 Å². The summed E-state index contributed by atoms with van der Waals surface area (Å²) in [6.45, 7) is 9.28. The third-order valence-electron chi connectivity index (χ3n) is 4.10. The van der Waals surface area contributed by atoms with Crippen molar-refractivity contribution in [1.29, 1.82) is 0 Å². The Balaban J connectivity index is 2.15. The molecule has 0 bridgehead atoms. The Morgan fingerprint density at radius 1 is 1.56 bits per heavy atom. The normalized spacial score (nSPS) is 26.4. The molecule has 1 aromatic rings. The molecule has 0 amide bonds. The second-order valence-electron chi connectivity index (χ2n) is 5.63. The Morgan fingerprint density at radius 2 is 2.22 bits per heavy atom. The van der Waals surface area contributed by atoms with E-state index in [-0.39, 0.29) is 6.04 Å². The molecule has 2 rings (SSSR count). The van der Waals surface area contributed by atoms with Gasteiger partial charge in [0.05, 0.1) is 5.41 Å². The number of carbonyl (C=O) groups is 1. The molecule has 1 N–H and O–H groups in total. The van der Waals surface area contributed by atoms with E-state index in [1.807, 2.05) is 20.8 Å². The van der Waals surface area contributed by atoms with Crippen LogP contribution < -0.4 is 0 Å². The Labute approximate surface area is 108 Å². The number of rotatable bonds is 3. The topological polar surface area (TPSA) is 53.7 Å². The Kier molecular flexibility index (Phi) is 3.23. The van der Waals surface area contributed by atoms with Crippen LogP contribution in [0.5, 0.6) is 0 Å². The zero-order valence-electron chi connectivity index (χ0n) is 11.5. The second kappa shape index (κ2) is 4.43. The van der Waals surface area contributed by atoms with E-state index in [2.05, 4.69) is 17.9 Å². The van der Waals surface area contributed by atoms with E-state index in [0.717, 1.165) is 18.1 Å². The van der Waals surface area contributed by atoms with Gasteiger partial charge >= 0.3 is 5.97 Å². The van der Waals surface area contributed by atoms with Gasteiger partial charge in [-0.2, -0.15) is 0 Å². The zero-order valence-corrected chi connectivity index (χ0v) is 11.5. The molecule has 1 aliphatic heterocycles. The fraction of sp³-hybridized carbons (Fsp3) is 0.643. The lowest BCUT2D eigenvalue weighted by Gasteiger charge is -2.25. The predicted molar refractivity (Wildman–Crippen MR) is 68.5 cm³/mol. The number of aryl methyl sites for hydroxylation is 2. The van der Waals surface area contributed by atoms with Gasteiger partial charge in [-0.25, -0.2) is 0 Å². The van der Waals surface area contributed by atoms with Crippen molar-refractivity contribution in [3.05, 3.63) is 23.2 Å². The molecule has 0 aromatic carbocycles. The first kappa shape index (κ1) is 13.1. The average Bonchev–Trinajstić information content (AvgIpc) is 2.82. The molecule has 2 heterocycles. The molecule has 4 nitrogen and oxygen atoms in total. The molecule has 100 valence electrons. The monoisotopic (exact) mass is 251 g/mol. The molecule has 2 atom stereocenters. The summed E-state index contributed by atoms with van der Waals surface area (Å²) in [5.41, 5.74) is 0.558. The molecular weight excluding hydrogens is 230 g/mol. The third-order valence-corrected chi connectivity index (χ3v) is 4.10. The summed E-state index contributed by atoms with van der Waals surface area (Å²) in [7, 11) is 0. The highest BCUT2D eigenvalue weighted by Gasteiger charge is 2.42. The lowest BCUT2D eigenvalue weighted by atomic mass is 9.90. The van der Waals surface area contributed by atoms with E-state index < -0.39 is 11.4 Å². The molecule has 0 aliphatic carbocycles. The fourth-order valence-corrected chi connectivity index (χ4v) is 2.76. The summed E-state index contributed by atoms with van der Waals surface area (Å²) in [6.07, 6.45) is 0.711. The maximum Gasteiger partial charge on any atom is 0.310 e. The summed E-state index contributed by atoms with van der Waals surface area (Å²) >= 11 is 0. The minimum Gasteiger partial charge on any atom is -0.481 e. The second-order valence-corrected chi connectivity index (χ2v) is 5.63. The third kappa shape index (κ3) is 2.17. The zero-order chi connectivity index (χ0) is 13.5. The van der Waals surface area contributed by atoms with Crippen LogP contribution in [0.4, 0.5) is 0 Å². The van der Waals surface area contributed by atoms with Crippen molar-refractivity contribution in [3.8, 4) is 0 Å². The molecule has 1 aliphatic rings. The molecule has 0 radical (unpaired) electrons. The summed E-state index contributed by atoms with van der Waals surface area (Å²) in [5, 5.41) is 9.26. The van der Waals surface area contributed by atoms with Crippen LogP contribution in [-0.2, 0) is 4.79 Å². The van der Waals surface area contributed by atoms with E-state index >= 15 is 0 Å². The molecule has 1 saturated heterocycles. The van der Waals surface area contributed by atoms with Gasteiger partial charge in [0.1, 0.15) is 11.5 Å². The molecule has 2 unspecified atom stereocenters. The fourth-order valence-electron chi connectivity index (χ4n) is 2.76. The summed E-state index contributed by atoms with van der Waals surface area (Å²) in [6, 6.07) is 2.26. The number of aliphatic carboxylic acids is 1. The average molecular weight is 251 g/mol. The lowest BCUT2D eigenvalue weighted by molar-refractivity contribution is -0.147. The number of carboxylic acid groups (broad SMARTS) is 1. The van der Waals surface area contributed by atoms with Crippen molar-refractivity contribution in [1.82, 2.24) is 4.90 Å². The van der Waals surface area contributed by atoms with Crippen molar-refractivity contribution < 1.29 is 14.3 Å². The standard InChI is InChI=1S/C14H21NO3/c1-9-7-12(11(3)18-9)10(2)15-6-5-14(4,8-15)13(16)17/h7,10H,5-6,8H2,1-4H3,(H,16,17). The van der Waals surface area contributed by atoms with Crippen LogP contribution in [0.3, 0.4) is 0 Å². The number of nitrogens with zero attached hydrogens (tertiary/aromatic N) is 1. The SMILES string of the molecule is Cc1cc(C(C)N2CCC(C)(C(=O)O)C2)c(C)o1. The first-order valence-electron chi connectivity index (χ1n) is 6.38. The summed E-state index contributed by atoms with van der Waals surface area (Å²) in [4.78, 5) is 13.5. The van der Waals surface area contributed by atoms with Gasteiger partial charge in [-0.3, -0.25) is 9.69 Å². The first-order valence-corrected chi connectivity index (χ1v) is 6.38. The predicted octanol–water partition coefficient (Wildman–Crippen LogP) is 2.75. The molecule has 18 heavy (non-hydrogen) atoms. The van der Waals surface area contributed by atoms with Crippen LogP contribution >= 0.6 is 0 Å². The Hall–Kier alpha value is -1.29. The Bertz CT molecular complexity index is 466. The number of hydrogen-bond acceptors (Lipinski definition) is 3. The molecule has 1 aromatic heterocycles. The highest BCUT2D eigenvalue weighted by Crippen LogP contribution is 2.36. The number of likely N-dealkylation sites (tertiary alicyclic amines) is 1. The summed E-state index contributed by atoms with van der Waals surface area (Å²) < 4.78 is 5.55. The van der Waals surface area contributed by atoms with E-state index in [1.54, 1.807) is 0 Å². The minimum absolute atomic E-state index is 0.212. The van der Waals surface area contributed by atoms with Crippen molar-refractivity contribution in [2.24, 2.45) is 5.41 Å². The smallest absolute Gasteiger partial charge is 0.310 e. The van der Waals surface area contributed by atoms with Crippen LogP contribution in [-0.4, -0.2) is 29.1 Å². The molecular formula is C14H21NO3. The molecule has 0 saturated carbocycles. The highest BCUT2D eigenvalue weighted by molar-refractivity contribution is 5.74. The van der Waals surface area contributed by atoms with Crippen LogP contribution in [0.15, 0.2) is 10.5 Å².